The zero-order valence-electron chi connectivity index (χ0n) is 15.9. The minimum absolute atomic E-state index is 0.293. The molecule has 1 unspecified atom stereocenters. The van der Waals surface area contributed by atoms with Gasteiger partial charge in [0.15, 0.2) is 11.6 Å². The molecule has 10 heteroatoms. The summed E-state index contributed by atoms with van der Waals surface area (Å²) in [5.41, 5.74) is -1.07. The second-order valence-electron chi connectivity index (χ2n) is 7.23. The Kier molecular flexibility index (Phi) is 7.83. The van der Waals surface area contributed by atoms with Gasteiger partial charge in [-0.05, 0) is 45.7 Å². The van der Waals surface area contributed by atoms with Crippen LogP contribution in [0.1, 0.15) is 39.7 Å². The monoisotopic (exact) mass is 404 g/mol. The van der Waals surface area contributed by atoms with E-state index in [2.05, 4.69) is 10.6 Å². The molecule has 156 valence electrons. The number of nitrogens with one attached hydrogen (secondary N) is 2. The first-order valence-corrected chi connectivity index (χ1v) is 8.43. The first-order chi connectivity index (χ1) is 12.8. The predicted molar refractivity (Wildman–Crippen MR) is 93.0 cm³/mol. The van der Waals surface area contributed by atoms with Crippen LogP contribution in [-0.2, 0) is 20.7 Å². The molecule has 28 heavy (non-hydrogen) atoms. The summed E-state index contributed by atoms with van der Waals surface area (Å²) in [6.45, 7) is 6.25. The van der Waals surface area contributed by atoms with Crippen molar-refractivity contribution in [2.45, 2.75) is 58.2 Å². The van der Waals surface area contributed by atoms with Crippen molar-refractivity contribution in [3.05, 3.63) is 35.1 Å². The Bertz CT molecular complexity index is 749. The number of amides is 2. The van der Waals surface area contributed by atoms with Crippen LogP contribution < -0.4 is 10.6 Å². The first kappa shape index (κ1) is 23.3. The van der Waals surface area contributed by atoms with Gasteiger partial charge in [-0.2, -0.15) is 0 Å². The van der Waals surface area contributed by atoms with Crippen LogP contribution >= 0.6 is 0 Å². The number of hydrogen-bond acceptors (Lipinski definition) is 4. The van der Waals surface area contributed by atoms with Gasteiger partial charge in [0.05, 0.1) is 6.42 Å². The van der Waals surface area contributed by atoms with Crippen molar-refractivity contribution in [1.82, 2.24) is 10.6 Å². The van der Waals surface area contributed by atoms with Crippen LogP contribution in [0.3, 0.4) is 0 Å². The van der Waals surface area contributed by atoms with Gasteiger partial charge in [0.1, 0.15) is 17.5 Å². The van der Waals surface area contributed by atoms with Gasteiger partial charge in [-0.25, -0.2) is 18.0 Å². The fraction of sp³-hybridized carbons (Fsp3) is 0.500. The number of carbonyl (C=O) groups is 3. The van der Waals surface area contributed by atoms with Gasteiger partial charge < -0.3 is 20.5 Å². The number of alkyl carbamates (subject to hydrolysis) is 1. The van der Waals surface area contributed by atoms with Crippen LogP contribution in [0, 0.1) is 17.5 Å². The van der Waals surface area contributed by atoms with Crippen molar-refractivity contribution in [1.29, 1.82) is 0 Å². The number of ether oxygens (including phenoxy) is 1. The standard InChI is InChI=1S/C18H23F3N2O5/c1-9(22-17(27)28-18(2,3)4)16(26)23-11(7-15(24)25)5-10-6-13(20)14(21)8-12(10)19/h6,8-9,11H,5,7H2,1-4H3,(H,22,27)(H,23,26)(H,24,25)/t9?,11-/m1/s1. The second kappa shape index (κ2) is 9.43. The minimum Gasteiger partial charge on any atom is -0.481 e. The van der Waals surface area contributed by atoms with Crippen LogP contribution in [-0.4, -0.2) is 40.8 Å². The summed E-state index contributed by atoms with van der Waals surface area (Å²) >= 11 is 0. The molecule has 0 aliphatic carbocycles. The third kappa shape index (κ3) is 7.85. The Morgan fingerprint density at radius 3 is 2.18 bits per heavy atom. The average molecular weight is 404 g/mol. The molecule has 0 heterocycles. The van der Waals surface area contributed by atoms with Gasteiger partial charge in [-0.1, -0.05) is 0 Å². The van der Waals surface area contributed by atoms with Crippen molar-refractivity contribution in [2.24, 2.45) is 0 Å². The third-order valence-electron chi connectivity index (χ3n) is 3.45. The number of halogens is 3. The highest BCUT2D eigenvalue weighted by Crippen LogP contribution is 2.16. The molecule has 1 aromatic carbocycles. The van der Waals surface area contributed by atoms with Gasteiger partial charge in [0, 0.05) is 12.1 Å². The summed E-state index contributed by atoms with van der Waals surface area (Å²) in [7, 11) is 0. The fourth-order valence-electron chi connectivity index (χ4n) is 2.25. The maximum Gasteiger partial charge on any atom is 0.408 e. The van der Waals surface area contributed by atoms with E-state index in [0.717, 1.165) is 0 Å². The van der Waals surface area contributed by atoms with E-state index < -0.39 is 59.5 Å². The zero-order chi connectivity index (χ0) is 21.6. The van der Waals surface area contributed by atoms with Crippen molar-refractivity contribution in [2.75, 3.05) is 0 Å². The molecule has 2 atom stereocenters. The van der Waals surface area contributed by atoms with Crippen LogP contribution in [0.4, 0.5) is 18.0 Å². The maximum atomic E-state index is 13.8. The van der Waals surface area contributed by atoms with E-state index in [-0.39, 0.29) is 12.0 Å². The zero-order valence-corrected chi connectivity index (χ0v) is 15.9. The topological polar surface area (TPSA) is 105 Å². The van der Waals surface area contributed by atoms with Gasteiger partial charge in [-0.3, -0.25) is 9.59 Å². The van der Waals surface area contributed by atoms with Crippen LogP contribution in [0.5, 0.6) is 0 Å². The lowest BCUT2D eigenvalue weighted by Gasteiger charge is -2.23. The molecule has 3 N–H and O–H groups in total. The average Bonchev–Trinajstić information content (AvgIpc) is 2.49. The molecular weight excluding hydrogens is 381 g/mol. The van der Waals surface area contributed by atoms with Gasteiger partial charge in [0.25, 0.3) is 0 Å². The van der Waals surface area contributed by atoms with E-state index in [0.29, 0.717) is 12.1 Å². The van der Waals surface area contributed by atoms with Crippen molar-refractivity contribution in [3.8, 4) is 0 Å². The number of benzene rings is 1. The lowest BCUT2D eigenvalue weighted by molar-refractivity contribution is -0.137. The van der Waals surface area contributed by atoms with Crippen molar-refractivity contribution < 1.29 is 37.4 Å². The number of rotatable bonds is 7. The van der Waals surface area contributed by atoms with E-state index in [1.165, 1.54) is 6.92 Å². The molecule has 0 spiro atoms. The SMILES string of the molecule is CC(NC(=O)OC(C)(C)C)C(=O)N[C@@H](CC(=O)O)Cc1cc(F)c(F)cc1F. The van der Waals surface area contributed by atoms with E-state index >= 15 is 0 Å². The summed E-state index contributed by atoms with van der Waals surface area (Å²) in [5, 5.41) is 13.6. The lowest BCUT2D eigenvalue weighted by Crippen LogP contribution is -2.50. The Hall–Kier alpha value is -2.78. The Morgan fingerprint density at radius 2 is 1.64 bits per heavy atom. The Balaban J connectivity index is 2.83. The highest BCUT2D eigenvalue weighted by molar-refractivity contribution is 5.85. The van der Waals surface area contributed by atoms with E-state index in [1.807, 2.05) is 0 Å². The fourth-order valence-corrected chi connectivity index (χ4v) is 2.25. The summed E-state index contributed by atoms with van der Waals surface area (Å²) in [6.07, 6.45) is -1.83. The largest absolute Gasteiger partial charge is 0.481 e. The molecule has 2 amide bonds. The second-order valence-corrected chi connectivity index (χ2v) is 7.23. The van der Waals surface area contributed by atoms with Crippen molar-refractivity contribution in [3.63, 3.8) is 0 Å². The summed E-state index contributed by atoms with van der Waals surface area (Å²) in [6, 6.07) is -1.25. The first-order valence-electron chi connectivity index (χ1n) is 8.43. The number of carboxylic acids is 1. The summed E-state index contributed by atoms with van der Waals surface area (Å²) < 4.78 is 45.2. The molecule has 1 rings (SSSR count). The molecule has 0 bridgehead atoms. The molecule has 0 fully saturated rings. The van der Waals surface area contributed by atoms with Crippen LogP contribution in [0.2, 0.25) is 0 Å². The smallest absolute Gasteiger partial charge is 0.408 e. The van der Waals surface area contributed by atoms with Crippen LogP contribution in [0.15, 0.2) is 12.1 Å². The van der Waals surface area contributed by atoms with Crippen molar-refractivity contribution >= 4 is 18.0 Å². The van der Waals surface area contributed by atoms with E-state index in [9.17, 15) is 27.6 Å². The predicted octanol–water partition coefficient (Wildman–Crippen LogP) is 2.52. The quantitative estimate of drug-likeness (QED) is 0.606. The molecule has 0 aliphatic rings. The molecule has 0 aromatic heterocycles. The number of carbonyl (C=O) groups excluding carboxylic acids is 2. The van der Waals surface area contributed by atoms with E-state index in [4.69, 9.17) is 9.84 Å². The molecule has 0 aliphatic heterocycles. The number of carboxylic acid groups (broad SMARTS) is 1. The highest BCUT2D eigenvalue weighted by atomic mass is 19.2. The third-order valence-corrected chi connectivity index (χ3v) is 3.45. The Morgan fingerprint density at radius 1 is 1.07 bits per heavy atom. The molecule has 7 nitrogen and oxygen atoms in total. The normalized spacial score (nSPS) is 13.4. The van der Waals surface area contributed by atoms with E-state index in [1.54, 1.807) is 20.8 Å². The molecule has 0 saturated heterocycles. The molecule has 0 radical (unpaired) electrons. The molecular formula is C18H23F3N2O5. The highest BCUT2D eigenvalue weighted by Gasteiger charge is 2.25. The number of hydrogen-bond donors (Lipinski definition) is 3. The van der Waals surface area contributed by atoms with Gasteiger partial charge in [0.2, 0.25) is 5.91 Å². The minimum atomic E-state index is -1.38. The maximum absolute atomic E-state index is 13.8. The molecule has 1 aromatic rings. The lowest BCUT2D eigenvalue weighted by atomic mass is 10.0. The Labute approximate surface area is 160 Å². The van der Waals surface area contributed by atoms with Gasteiger partial charge >= 0.3 is 12.1 Å². The van der Waals surface area contributed by atoms with Gasteiger partial charge in [-0.15, -0.1) is 0 Å². The number of aliphatic carboxylic acids is 1. The van der Waals surface area contributed by atoms with Crippen LogP contribution in [0.25, 0.3) is 0 Å². The summed E-state index contributed by atoms with van der Waals surface area (Å²) in [4.78, 5) is 35.0. The summed E-state index contributed by atoms with van der Waals surface area (Å²) in [5.74, 6) is -5.78. The molecule has 0 saturated carbocycles.